The van der Waals surface area contributed by atoms with Crippen molar-refractivity contribution in [3.05, 3.63) is 46.1 Å². The number of benzene rings is 1. The minimum Gasteiger partial charge on any atom is -0.469 e. The summed E-state index contributed by atoms with van der Waals surface area (Å²) in [5.41, 5.74) is 4.63. The smallest absolute Gasteiger partial charge is 0.312 e. The number of hydrogen-bond donors (Lipinski definition) is 1. The Hall–Kier alpha value is -1.74. The first kappa shape index (κ1) is 20.5. The Kier molecular flexibility index (Phi) is 5.09. The van der Waals surface area contributed by atoms with Crippen LogP contribution in [0.5, 0.6) is 0 Å². The fourth-order valence-corrected chi connectivity index (χ4v) is 6.25. The Morgan fingerprint density at radius 3 is 2.79 bits per heavy atom. The lowest BCUT2D eigenvalue weighted by molar-refractivity contribution is -0.156. The fourth-order valence-electron chi connectivity index (χ4n) is 6.03. The van der Waals surface area contributed by atoms with Crippen LogP contribution >= 0.6 is 11.6 Å². The van der Waals surface area contributed by atoms with Gasteiger partial charge in [0.1, 0.15) is 0 Å². The van der Waals surface area contributed by atoms with Gasteiger partial charge in [0.2, 0.25) is 0 Å². The Balaban J connectivity index is 1.79. The molecule has 1 aromatic carbocycles. The van der Waals surface area contributed by atoms with E-state index < -0.39 is 5.41 Å². The van der Waals surface area contributed by atoms with Gasteiger partial charge in [0.15, 0.2) is 0 Å². The fraction of sp³-hybridized carbons (Fsp3) is 0.560. The highest BCUT2D eigenvalue weighted by atomic mass is 35.5. The number of carbonyl (C=O) groups is 1. The Labute approximate surface area is 178 Å². The lowest BCUT2D eigenvalue weighted by Gasteiger charge is -2.52. The van der Waals surface area contributed by atoms with Gasteiger partial charge in [-0.15, -0.1) is 0 Å². The van der Waals surface area contributed by atoms with Crippen LogP contribution in [0.4, 0.5) is 0 Å². The van der Waals surface area contributed by atoms with E-state index in [9.17, 15) is 4.79 Å². The number of fused-ring (bicyclic) bond motifs is 2. The largest absolute Gasteiger partial charge is 0.469 e. The summed E-state index contributed by atoms with van der Waals surface area (Å²) in [6.45, 7) is 9.04. The minimum absolute atomic E-state index is 0.0147. The number of aromatic amines is 1. The van der Waals surface area contributed by atoms with Crippen molar-refractivity contribution in [3.8, 4) is 0 Å². The first-order chi connectivity index (χ1) is 13.7. The molecule has 0 aliphatic heterocycles. The summed E-state index contributed by atoms with van der Waals surface area (Å²) in [7, 11) is 1.52. The maximum Gasteiger partial charge on any atom is 0.312 e. The zero-order chi connectivity index (χ0) is 21.0. The zero-order valence-electron chi connectivity index (χ0n) is 18.2. The van der Waals surface area contributed by atoms with Crippen molar-refractivity contribution in [3.63, 3.8) is 0 Å². The second kappa shape index (κ2) is 7.19. The molecule has 0 spiro atoms. The van der Waals surface area contributed by atoms with Crippen LogP contribution in [-0.2, 0) is 16.0 Å². The summed E-state index contributed by atoms with van der Waals surface area (Å²) in [5.74, 6) is 0.757. The van der Waals surface area contributed by atoms with E-state index in [1.54, 1.807) is 0 Å². The van der Waals surface area contributed by atoms with Crippen LogP contribution in [0.15, 0.2) is 29.8 Å². The van der Waals surface area contributed by atoms with Crippen molar-refractivity contribution >= 4 is 28.5 Å². The van der Waals surface area contributed by atoms with Gasteiger partial charge in [-0.1, -0.05) is 49.2 Å². The molecule has 1 saturated carbocycles. The predicted molar refractivity (Wildman–Crippen MR) is 119 cm³/mol. The average molecular weight is 414 g/mol. The number of para-hydroxylation sites is 1. The molecule has 4 atom stereocenters. The lowest BCUT2D eigenvalue weighted by atomic mass is 9.51. The van der Waals surface area contributed by atoms with Crippen LogP contribution in [0.25, 0.3) is 10.9 Å². The molecule has 29 heavy (non-hydrogen) atoms. The van der Waals surface area contributed by atoms with Crippen molar-refractivity contribution in [1.82, 2.24) is 4.98 Å². The number of H-pyrrole nitrogens is 1. The highest BCUT2D eigenvalue weighted by Gasteiger charge is 2.53. The van der Waals surface area contributed by atoms with Gasteiger partial charge in [0, 0.05) is 11.1 Å². The first-order valence-electron chi connectivity index (χ1n) is 10.8. The zero-order valence-corrected chi connectivity index (χ0v) is 19.0. The molecule has 3 nitrogen and oxygen atoms in total. The van der Waals surface area contributed by atoms with Crippen LogP contribution in [0.2, 0.25) is 5.02 Å². The Morgan fingerprint density at radius 1 is 1.31 bits per heavy atom. The number of rotatable bonds is 3. The van der Waals surface area contributed by atoms with Gasteiger partial charge in [0.05, 0.1) is 23.1 Å². The van der Waals surface area contributed by atoms with E-state index in [0.717, 1.165) is 42.6 Å². The van der Waals surface area contributed by atoms with Crippen molar-refractivity contribution < 1.29 is 9.53 Å². The monoisotopic (exact) mass is 413 g/mol. The molecule has 0 amide bonds. The summed E-state index contributed by atoms with van der Waals surface area (Å²) in [4.78, 5) is 16.3. The van der Waals surface area contributed by atoms with Crippen molar-refractivity contribution in [2.24, 2.45) is 22.7 Å². The number of carbonyl (C=O) groups excluding carboxylic acids is 1. The Bertz CT molecular complexity index is 990. The number of aromatic nitrogens is 1. The van der Waals surface area contributed by atoms with E-state index in [1.807, 2.05) is 12.1 Å². The van der Waals surface area contributed by atoms with E-state index >= 15 is 0 Å². The maximum atomic E-state index is 12.8. The van der Waals surface area contributed by atoms with Gasteiger partial charge >= 0.3 is 5.97 Å². The van der Waals surface area contributed by atoms with Gasteiger partial charge < -0.3 is 9.72 Å². The third-order valence-corrected chi connectivity index (χ3v) is 8.42. The van der Waals surface area contributed by atoms with Gasteiger partial charge in [-0.2, -0.15) is 0 Å². The van der Waals surface area contributed by atoms with Crippen LogP contribution in [0, 0.1) is 29.6 Å². The molecule has 4 rings (SSSR count). The van der Waals surface area contributed by atoms with E-state index in [4.69, 9.17) is 16.3 Å². The molecule has 2 aromatic rings. The van der Waals surface area contributed by atoms with Crippen LogP contribution in [0.3, 0.4) is 0 Å². The van der Waals surface area contributed by atoms with Crippen molar-refractivity contribution in [1.29, 1.82) is 0 Å². The van der Waals surface area contributed by atoms with Gasteiger partial charge in [-0.25, -0.2) is 0 Å². The summed E-state index contributed by atoms with van der Waals surface area (Å²) in [6.07, 6.45) is 7.40. The second-order valence-electron chi connectivity index (χ2n) is 9.62. The molecule has 2 aliphatic rings. The summed E-state index contributed by atoms with van der Waals surface area (Å²) >= 11 is 6.45. The molecule has 1 aromatic heterocycles. The summed E-state index contributed by atoms with van der Waals surface area (Å²) < 4.78 is 5.25. The molecular weight excluding hydrogens is 382 g/mol. The molecule has 1 N–H and O–H groups in total. The quantitative estimate of drug-likeness (QED) is 0.453. The van der Waals surface area contributed by atoms with Gasteiger partial charge in [0.25, 0.3) is 0 Å². The molecule has 156 valence electrons. The molecule has 0 unspecified atom stereocenters. The second-order valence-corrected chi connectivity index (χ2v) is 10.0. The number of methoxy groups -OCH3 is 1. The van der Waals surface area contributed by atoms with E-state index in [0.29, 0.717) is 5.92 Å². The number of aryl methyl sites for hydroxylation is 1. The average Bonchev–Trinajstić information content (AvgIpc) is 3.01. The maximum absolute atomic E-state index is 12.8. The molecule has 2 aliphatic carbocycles. The molecule has 0 bridgehead atoms. The predicted octanol–water partition coefficient (Wildman–Crippen LogP) is 6.62. The number of hydrogen-bond acceptors (Lipinski definition) is 2. The SMILES string of the molecule is COC(=O)[C@@]1(C)CCC=C2[C@@H]1CC[C@@H](C)[C@]2(C)Cc1c(C)[nH]c2c(Cl)cccc12. The molecule has 4 heteroatoms. The molecule has 1 fully saturated rings. The third-order valence-electron chi connectivity index (χ3n) is 8.11. The summed E-state index contributed by atoms with van der Waals surface area (Å²) in [6, 6.07) is 6.14. The number of allylic oxidation sites excluding steroid dienone is 2. The van der Waals surface area contributed by atoms with Gasteiger partial charge in [-0.05, 0) is 74.8 Å². The van der Waals surface area contributed by atoms with E-state index in [1.165, 1.54) is 29.3 Å². The van der Waals surface area contributed by atoms with E-state index in [2.05, 4.69) is 44.8 Å². The number of nitrogens with one attached hydrogen (secondary N) is 1. The lowest BCUT2D eigenvalue weighted by Crippen LogP contribution is -2.48. The van der Waals surface area contributed by atoms with Crippen molar-refractivity contribution in [2.75, 3.05) is 7.11 Å². The van der Waals surface area contributed by atoms with Gasteiger partial charge in [-0.3, -0.25) is 4.79 Å². The third kappa shape index (κ3) is 3.04. The Morgan fingerprint density at radius 2 is 2.07 bits per heavy atom. The number of esters is 1. The van der Waals surface area contributed by atoms with Crippen LogP contribution < -0.4 is 0 Å². The molecule has 1 heterocycles. The number of ether oxygens (including phenoxy) is 1. The highest BCUT2D eigenvalue weighted by Crippen LogP contribution is 2.58. The van der Waals surface area contributed by atoms with E-state index in [-0.39, 0.29) is 17.3 Å². The van der Waals surface area contributed by atoms with Crippen LogP contribution in [-0.4, -0.2) is 18.1 Å². The first-order valence-corrected chi connectivity index (χ1v) is 11.1. The minimum atomic E-state index is -0.418. The summed E-state index contributed by atoms with van der Waals surface area (Å²) in [5, 5.41) is 1.99. The molecule has 0 saturated heterocycles. The molecule has 0 radical (unpaired) electrons. The topological polar surface area (TPSA) is 42.1 Å². The highest BCUT2D eigenvalue weighted by molar-refractivity contribution is 6.35. The normalized spacial score (nSPS) is 32.0. The standard InChI is InChI=1S/C25H32ClNO2/c1-15-11-12-20-19(9-7-13-24(20,3)23(28)29-5)25(15,4)14-18-16(2)27-22-17(18)8-6-10-21(22)26/h6,8-10,15,20,27H,7,11-14H2,1-5H3/t15-,20+,24+,25+/m1/s1. The number of halogens is 1. The van der Waals surface area contributed by atoms with Crippen molar-refractivity contribution in [2.45, 2.75) is 59.8 Å². The van der Waals surface area contributed by atoms with Crippen LogP contribution in [0.1, 0.15) is 57.7 Å². The molecular formula is C25H32ClNO2.